The van der Waals surface area contributed by atoms with Gasteiger partial charge < -0.3 is 15.0 Å². The maximum absolute atomic E-state index is 12.0. The molecule has 0 aliphatic carbocycles. The van der Waals surface area contributed by atoms with Crippen LogP contribution in [0.1, 0.15) is 12.8 Å². The minimum Gasteiger partial charge on any atom is -0.495 e. The fraction of sp³-hybridized carbons (Fsp3) is 0.500. The minimum atomic E-state index is 0.0693. The van der Waals surface area contributed by atoms with Crippen molar-refractivity contribution < 1.29 is 9.53 Å². The van der Waals surface area contributed by atoms with Crippen molar-refractivity contribution in [3.8, 4) is 5.75 Å². The molecule has 4 nitrogen and oxygen atoms in total. The highest BCUT2D eigenvalue weighted by atomic mass is 16.5. The lowest BCUT2D eigenvalue weighted by molar-refractivity contribution is -0.117. The maximum Gasteiger partial charge on any atom is 0.224 e. The first-order valence-electron chi connectivity index (χ1n) is 6.30. The maximum atomic E-state index is 12.0. The quantitative estimate of drug-likeness (QED) is 0.885. The molecule has 2 rings (SSSR count). The molecule has 18 heavy (non-hydrogen) atoms. The van der Waals surface area contributed by atoms with Crippen molar-refractivity contribution in [3.63, 3.8) is 0 Å². The summed E-state index contributed by atoms with van der Waals surface area (Å²) >= 11 is 0. The SMILES string of the molecule is COc1ccccc1NC(=O)CC1CCN(C)C1. The lowest BCUT2D eigenvalue weighted by Crippen LogP contribution is -2.19. The van der Waals surface area contributed by atoms with Gasteiger partial charge in [-0.15, -0.1) is 0 Å². The molecule has 0 aromatic heterocycles. The first kappa shape index (κ1) is 12.9. The van der Waals surface area contributed by atoms with E-state index in [1.54, 1.807) is 7.11 Å². The zero-order valence-electron chi connectivity index (χ0n) is 11.0. The highest BCUT2D eigenvalue weighted by Gasteiger charge is 2.22. The Morgan fingerprint density at radius 3 is 2.94 bits per heavy atom. The molecule has 1 aromatic carbocycles. The second-order valence-corrected chi connectivity index (χ2v) is 4.87. The van der Waals surface area contributed by atoms with E-state index < -0.39 is 0 Å². The summed E-state index contributed by atoms with van der Waals surface area (Å²) in [5.74, 6) is 1.25. The van der Waals surface area contributed by atoms with Crippen LogP contribution in [0.2, 0.25) is 0 Å². The van der Waals surface area contributed by atoms with E-state index in [-0.39, 0.29) is 5.91 Å². The summed E-state index contributed by atoms with van der Waals surface area (Å²) in [4.78, 5) is 14.2. The number of carbonyl (C=O) groups is 1. The number of benzene rings is 1. The van der Waals surface area contributed by atoms with E-state index in [0.29, 0.717) is 18.1 Å². The molecule has 1 aliphatic heterocycles. The predicted octanol–water partition coefficient (Wildman–Crippen LogP) is 1.98. The Kier molecular flexibility index (Phi) is 4.20. The molecule has 0 spiro atoms. The zero-order chi connectivity index (χ0) is 13.0. The molecule has 0 bridgehead atoms. The monoisotopic (exact) mass is 248 g/mol. The summed E-state index contributed by atoms with van der Waals surface area (Å²) in [5.41, 5.74) is 0.747. The number of hydrogen-bond donors (Lipinski definition) is 1. The van der Waals surface area contributed by atoms with Crippen LogP contribution in [0, 0.1) is 5.92 Å². The van der Waals surface area contributed by atoms with Crippen LogP contribution in [0.5, 0.6) is 5.75 Å². The van der Waals surface area contributed by atoms with Crippen molar-refractivity contribution in [2.75, 3.05) is 32.6 Å². The van der Waals surface area contributed by atoms with Crippen LogP contribution in [-0.4, -0.2) is 38.1 Å². The summed E-state index contributed by atoms with van der Waals surface area (Å²) in [7, 11) is 3.70. The van der Waals surface area contributed by atoms with Crippen molar-refractivity contribution >= 4 is 11.6 Å². The molecule has 1 aromatic rings. The Bertz CT molecular complexity index is 420. The molecule has 1 saturated heterocycles. The van der Waals surface area contributed by atoms with Crippen LogP contribution in [0.25, 0.3) is 0 Å². The van der Waals surface area contributed by atoms with Crippen molar-refractivity contribution in [1.29, 1.82) is 0 Å². The topological polar surface area (TPSA) is 41.6 Å². The third kappa shape index (κ3) is 3.23. The van der Waals surface area contributed by atoms with E-state index in [0.717, 1.165) is 25.2 Å². The summed E-state index contributed by atoms with van der Waals surface area (Å²) in [6, 6.07) is 7.48. The van der Waals surface area contributed by atoms with Crippen LogP contribution >= 0.6 is 0 Å². The Balaban J connectivity index is 1.91. The van der Waals surface area contributed by atoms with E-state index in [1.807, 2.05) is 24.3 Å². The lowest BCUT2D eigenvalue weighted by Gasteiger charge is -2.12. The molecular weight excluding hydrogens is 228 g/mol. The van der Waals surface area contributed by atoms with Gasteiger partial charge in [0.15, 0.2) is 0 Å². The number of carbonyl (C=O) groups excluding carboxylic acids is 1. The van der Waals surface area contributed by atoms with Gasteiger partial charge in [-0.3, -0.25) is 4.79 Å². The van der Waals surface area contributed by atoms with Crippen LogP contribution < -0.4 is 10.1 Å². The normalized spacial score (nSPS) is 19.8. The first-order valence-corrected chi connectivity index (χ1v) is 6.30. The van der Waals surface area contributed by atoms with E-state index >= 15 is 0 Å². The number of likely N-dealkylation sites (tertiary alicyclic amines) is 1. The van der Waals surface area contributed by atoms with Crippen LogP contribution in [-0.2, 0) is 4.79 Å². The smallest absolute Gasteiger partial charge is 0.224 e. The van der Waals surface area contributed by atoms with Crippen molar-refractivity contribution in [3.05, 3.63) is 24.3 Å². The Labute approximate surface area is 108 Å². The molecule has 1 fully saturated rings. The second-order valence-electron chi connectivity index (χ2n) is 4.87. The minimum absolute atomic E-state index is 0.0693. The number of amides is 1. The van der Waals surface area contributed by atoms with Gasteiger partial charge in [-0.2, -0.15) is 0 Å². The third-order valence-corrected chi connectivity index (χ3v) is 3.34. The molecule has 1 heterocycles. The van der Waals surface area contributed by atoms with Gasteiger partial charge in [0, 0.05) is 13.0 Å². The molecule has 1 amide bonds. The fourth-order valence-electron chi connectivity index (χ4n) is 2.40. The summed E-state index contributed by atoms with van der Waals surface area (Å²) in [6.07, 6.45) is 1.69. The van der Waals surface area contributed by atoms with Crippen molar-refractivity contribution in [2.45, 2.75) is 12.8 Å². The van der Waals surface area contributed by atoms with Gasteiger partial charge >= 0.3 is 0 Å². The largest absolute Gasteiger partial charge is 0.495 e. The molecule has 0 saturated carbocycles. The zero-order valence-corrected chi connectivity index (χ0v) is 11.0. The van der Waals surface area contributed by atoms with Crippen molar-refractivity contribution in [1.82, 2.24) is 4.90 Å². The van der Waals surface area contributed by atoms with E-state index in [1.165, 1.54) is 0 Å². The number of hydrogen-bond acceptors (Lipinski definition) is 3. The average Bonchev–Trinajstić information content (AvgIpc) is 2.75. The molecule has 4 heteroatoms. The molecule has 1 atom stereocenters. The van der Waals surface area contributed by atoms with Gasteiger partial charge in [0.05, 0.1) is 12.8 Å². The Morgan fingerprint density at radius 2 is 2.28 bits per heavy atom. The number of methoxy groups -OCH3 is 1. The number of nitrogens with one attached hydrogen (secondary N) is 1. The highest BCUT2D eigenvalue weighted by molar-refractivity contribution is 5.92. The van der Waals surface area contributed by atoms with Gasteiger partial charge in [-0.05, 0) is 38.1 Å². The average molecular weight is 248 g/mol. The van der Waals surface area contributed by atoms with E-state index in [4.69, 9.17) is 4.74 Å². The number of rotatable bonds is 4. The molecular formula is C14H20N2O2. The van der Waals surface area contributed by atoms with E-state index in [9.17, 15) is 4.79 Å². The van der Waals surface area contributed by atoms with Gasteiger partial charge in [-0.25, -0.2) is 0 Å². The summed E-state index contributed by atoms with van der Waals surface area (Å²) in [6.45, 7) is 2.10. The summed E-state index contributed by atoms with van der Waals surface area (Å²) < 4.78 is 5.21. The van der Waals surface area contributed by atoms with Gasteiger partial charge in [0.2, 0.25) is 5.91 Å². The first-order chi connectivity index (χ1) is 8.69. The summed E-state index contributed by atoms with van der Waals surface area (Å²) in [5, 5.41) is 2.92. The number of para-hydroxylation sites is 2. The standard InChI is InChI=1S/C14H20N2O2/c1-16-8-7-11(10-16)9-14(17)15-12-5-3-4-6-13(12)18-2/h3-6,11H,7-10H2,1-2H3,(H,15,17). The molecule has 98 valence electrons. The van der Waals surface area contributed by atoms with Crippen LogP contribution in [0.3, 0.4) is 0 Å². The Hall–Kier alpha value is -1.55. The molecule has 1 unspecified atom stereocenters. The highest BCUT2D eigenvalue weighted by Crippen LogP contribution is 2.24. The number of anilines is 1. The lowest BCUT2D eigenvalue weighted by atomic mass is 10.0. The molecule has 1 N–H and O–H groups in total. The van der Waals surface area contributed by atoms with Crippen LogP contribution in [0.15, 0.2) is 24.3 Å². The second kappa shape index (κ2) is 5.87. The van der Waals surface area contributed by atoms with Gasteiger partial charge in [0.25, 0.3) is 0 Å². The van der Waals surface area contributed by atoms with Gasteiger partial charge in [-0.1, -0.05) is 12.1 Å². The van der Waals surface area contributed by atoms with Gasteiger partial charge in [0.1, 0.15) is 5.75 Å². The van der Waals surface area contributed by atoms with E-state index in [2.05, 4.69) is 17.3 Å². The number of nitrogens with zero attached hydrogens (tertiary/aromatic N) is 1. The fourth-order valence-corrected chi connectivity index (χ4v) is 2.40. The number of ether oxygens (including phenoxy) is 1. The molecule has 0 radical (unpaired) electrons. The third-order valence-electron chi connectivity index (χ3n) is 3.34. The van der Waals surface area contributed by atoms with Crippen molar-refractivity contribution in [2.24, 2.45) is 5.92 Å². The predicted molar refractivity (Wildman–Crippen MR) is 71.8 cm³/mol. The van der Waals surface area contributed by atoms with Crippen LogP contribution in [0.4, 0.5) is 5.69 Å². The Morgan fingerprint density at radius 1 is 1.50 bits per heavy atom. The molecule has 1 aliphatic rings.